The number of carboxylic acids is 1. The Balaban J connectivity index is 1.75. The lowest BCUT2D eigenvalue weighted by Crippen LogP contribution is -2.66. The van der Waals surface area contributed by atoms with Gasteiger partial charge < -0.3 is 9.53 Å². The summed E-state index contributed by atoms with van der Waals surface area (Å²) >= 11 is 0. The molecule has 1 unspecified atom stereocenters. The molecule has 3 atom stereocenters. The van der Waals surface area contributed by atoms with Crippen molar-refractivity contribution in [1.29, 1.82) is 0 Å². The molecule has 2 aromatic rings. The Bertz CT molecular complexity index is 899. The molecular formula is C29H40O3Si. The average molecular weight is 465 g/mol. The van der Waals surface area contributed by atoms with Gasteiger partial charge in [0.25, 0.3) is 8.32 Å². The van der Waals surface area contributed by atoms with Crippen LogP contribution >= 0.6 is 0 Å². The summed E-state index contributed by atoms with van der Waals surface area (Å²) in [5.41, 5.74) is -0.245. The average Bonchev–Trinajstić information content (AvgIpc) is 3.49. The quantitative estimate of drug-likeness (QED) is 0.372. The molecule has 0 aliphatic heterocycles. The third-order valence-corrected chi connectivity index (χ3v) is 12.0. The SMILES string of the molecule is CC(C)(C)C(CC=C[C@@H]1C[C@@H]1CO[Si](c1ccccc1)(c1ccccc1)C(C)(C)C)C(=O)O. The number of allylic oxidation sites excluding steroid dienone is 2. The highest BCUT2D eigenvalue weighted by molar-refractivity contribution is 6.99. The summed E-state index contributed by atoms with van der Waals surface area (Å²) in [4.78, 5) is 11.6. The molecular weight excluding hydrogens is 424 g/mol. The van der Waals surface area contributed by atoms with E-state index in [-0.39, 0.29) is 16.4 Å². The second-order valence-corrected chi connectivity index (χ2v) is 15.9. The van der Waals surface area contributed by atoms with E-state index in [9.17, 15) is 9.90 Å². The fourth-order valence-corrected chi connectivity index (χ4v) is 9.53. The van der Waals surface area contributed by atoms with Crippen LogP contribution in [0.4, 0.5) is 0 Å². The Kier molecular flexibility index (Phi) is 7.70. The maximum atomic E-state index is 11.6. The largest absolute Gasteiger partial charge is 0.481 e. The Hall–Kier alpha value is -2.17. The minimum atomic E-state index is -2.49. The van der Waals surface area contributed by atoms with Gasteiger partial charge in [-0.3, -0.25) is 4.79 Å². The zero-order chi connectivity index (χ0) is 24.3. The Morgan fingerprint density at radius 1 is 1.00 bits per heavy atom. The Labute approximate surface area is 201 Å². The van der Waals surface area contributed by atoms with Crippen LogP contribution in [0.1, 0.15) is 54.4 Å². The first-order valence-corrected chi connectivity index (χ1v) is 14.0. The number of carboxylic acid groups (broad SMARTS) is 1. The maximum Gasteiger partial charge on any atom is 0.307 e. The Morgan fingerprint density at radius 3 is 1.94 bits per heavy atom. The number of aliphatic carboxylic acids is 1. The molecule has 3 rings (SSSR count). The predicted octanol–water partition coefficient (Wildman–Crippen LogP) is 5.89. The van der Waals surface area contributed by atoms with Crippen molar-refractivity contribution in [1.82, 2.24) is 0 Å². The standard InChI is InChI=1S/C29H40O3Si/c1-28(2,3)26(27(30)31)19-13-14-22-20-23(22)21-32-33(29(4,5)6,24-15-9-7-10-16-24)25-17-11-8-12-18-25/h7-18,22-23,26H,19-21H2,1-6H3,(H,30,31)/t22-,23-,26?/m1/s1. The van der Waals surface area contributed by atoms with Gasteiger partial charge in [-0.15, -0.1) is 0 Å². The van der Waals surface area contributed by atoms with E-state index in [4.69, 9.17) is 4.43 Å². The highest BCUT2D eigenvalue weighted by Gasteiger charge is 2.51. The first-order chi connectivity index (χ1) is 15.5. The van der Waals surface area contributed by atoms with Gasteiger partial charge in [0.1, 0.15) is 0 Å². The molecule has 1 fully saturated rings. The third kappa shape index (κ3) is 5.85. The fraction of sp³-hybridized carbons (Fsp3) is 0.483. The number of hydrogen-bond donors (Lipinski definition) is 1. The maximum absolute atomic E-state index is 11.6. The predicted molar refractivity (Wildman–Crippen MR) is 140 cm³/mol. The molecule has 1 saturated carbocycles. The molecule has 1 N–H and O–H groups in total. The number of carbonyl (C=O) groups is 1. The summed E-state index contributed by atoms with van der Waals surface area (Å²) in [5.74, 6) is -0.0905. The van der Waals surface area contributed by atoms with Crippen LogP contribution in [0, 0.1) is 23.2 Å². The molecule has 0 radical (unpaired) electrons. The van der Waals surface area contributed by atoms with Crippen LogP contribution in [0.15, 0.2) is 72.8 Å². The lowest BCUT2D eigenvalue weighted by atomic mass is 9.79. The van der Waals surface area contributed by atoms with Crippen molar-refractivity contribution in [3.8, 4) is 0 Å². The lowest BCUT2D eigenvalue weighted by molar-refractivity contribution is -0.145. The highest BCUT2D eigenvalue weighted by Crippen LogP contribution is 2.43. The summed E-state index contributed by atoms with van der Waals surface area (Å²) < 4.78 is 7.05. The van der Waals surface area contributed by atoms with E-state index in [0.717, 1.165) is 13.0 Å². The molecule has 178 valence electrons. The lowest BCUT2D eigenvalue weighted by Gasteiger charge is -2.43. The van der Waals surface area contributed by atoms with Crippen molar-refractivity contribution < 1.29 is 14.3 Å². The van der Waals surface area contributed by atoms with E-state index in [1.165, 1.54) is 10.4 Å². The highest BCUT2D eigenvalue weighted by atomic mass is 28.4. The second-order valence-electron chi connectivity index (χ2n) is 11.6. The normalized spacial score (nSPS) is 20.1. The Morgan fingerprint density at radius 2 is 1.52 bits per heavy atom. The molecule has 0 aromatic heterocycles. The van der Waals surface area contributed by atoms with Crippen molar-refractivity contribution in [3.05, 3.63) is 72.8 Å². The summed E-state index contributed by atoms with van der Waals surface area (Å²) in [5, 5.41) is 12.2. The van der Waals surface area contributed by atoms with E-state index in [2.05, 4.69) is 93.6 Å². The van der Waals surface area contributed by atoms with E-state index in [1.807, 2.05) is 20.8 Å². The molecule has 3 nitrogen and oxygen atoms in total. The zero-order valence-electron chi connectivity index (χ0n) is 21.0. The molecule has 2 aromatic carbocycles. The van der Waals surface area contributed by atoms with Crippen LogP contribution in [0.2, 0.25) is 5.04 Å². The van der Waals surface area contributed by atoms with Gasteiger partial charge in [-0.2, -0.15) is 0 Å². The minimum Gasteiger partial charge on any atom is -0.481 e. The van der Waals surface area contributed by atoms with Gasteiger partial charge >= 0.3 is 5.97 Å². The van der Waals surface area contributed by atoms with Gasteiger partial charge in [0, 0.05) is 6.61 Å². The van der Waals surface area contributed by atoms with E-state index >= 15 is 0 Å². The van der Waals surface area contributed by atoms with Crippen molar-refractivity contribution >= 4 is 24.7 Å². The minimum absolute atomic E-state index is 0.0165. The number of hydrogen-bond acceptors (Lipinski definition) is 2. The van der Waals surface area contributed by atoms with Crippen LogP contribution in [-0.4, -0.2) is 26.0 Å². The van der Waals surface area contributed by atoms with E-state index in [1.54, 1.807) is 0 Å². The first-order valence-electron chi connectivity index (χ1n) is 12.1. The van der Waals surface area contributed by atoms with E-state index in [0.29, 0.717) is 18.3 Å². The van der Waals surface area contributed by atoms with Gasteiger partial charge in [-0.05, 0) is 45.5 Å². The van der Waals surface area contributed by atoms with Gasteiger partial charge in [0.2, 0.25) is 0 Å². The number of benzene rings is 2. The molecule has 33 heavy (non-hydrogen) atoms. The molecule has 1 aliphatic rings. The molecule has 4 heteroatoms. The summed E-state index contributed by atoms with van der Waals surface area (Å²) in [6.07, 6.45) is 6.00. The molecule has 0 spiro atoms. The summed E-state index contributed by atoms with van der Waals surface area (Å²) in [6, 6.07) is 21.5. The van der Waals surface area contributed by atoms with Crippen molar-refractivity contribution in [2.24, 2.45) is 23.2 Å². The third-order valence-electron chi connectivity index (χ3n) is 7.01. The van der Waals surface area contributed by atoms with Crippen molar-refractivity contribution in [3.63, 3.8) is 0 Å². The fourth-order valence-electron chi connectivity index (χ4n) is 4.91. The van der Waals surface area contributed by atoms with Gasteiger partial charge in [-0.1, -0.05) is 114 Å². The van der Waals surface area contributed by atoms with Crippen LogP contribution in [-0.2, 0) is 9.22 Å². The van der Waals surface area contributed by atoms with Crippen molar-refractivity contribution in [2.75, 3.05) is 6.61 Å². The number of rotatable bonds is 9. The first kappa shape index (κ1) is 25.4. The molecule has 0 heterocycles. The second kappa shape index (κ2) is 9.98. The summed E-state index contributed by atoms with van der Waals surface area (Å²) in [7, 11) is -2.49. The molecule has 1 aliphatic carbocycles. The molecule has 0 bridgehead atoms. The van der Waals surface area contributed by atoms with Crippen molar-refractivity contribution in [2.45, 2.75) is 59.4 Å². The molecule has 0 amide bonds. The monoisotopic (exact) mass is 464 g/mol. The smallest absolute Gasteiger partial charge is 0.307 e. The zero-order valence-corrected chi connectivity index (χ0v) is 22.0. The van der Waals surface area contributed by atoms with Gasteiger partial charge in [-0.25, -0.2) is 0 Å². The van der Waals surface area contributed by atoms with Gasteiger partial charge in [0.05, 0.1) is 5.92 Å². The van der Waals surface area contributed by atoms with Crippen LogP contribution in [0.3, 0.4) is 0 Å². The van der Waals surface area contributed by atoms with Crippen LogP contribution < -0.4 is 10.4 Å². The van der Waals surface area contributed by atoms with Crippen LogP contribution in [0.25, 0.3) is 0 Å². The molecule has 0 saturated heterocycles. The van der Waals surface area contributed by atoms with E-state index < -0.39 is 14.3 Å². The topological polar surface area (TPSA) is 46.5 Å². The summed E-state index contributed by atoms with van der Waals surface area (Å²) in [6.45, 7) is 13.7. The van der Waals surface area contributed by atoms with Crippen LogP contribution in [0.5, 0.6) is 0 Å². The van der Waals surface area contributed by atoms with Gasteiger partial charge in [0.15, 0.2) is 0 Å².